The van der Waals surface area contributed by atoms with Crippen LogP contribution in [0.15, 0.2) is 30.6 Å². The molecule has 2 N–H and O–H groups in total. The molecule has 0 fully saturated rings. The maximum atomic E-state index is 12.5. The van der Waals surface area contributed by atoms with Crippen molar-refractivity contribution in [3.63, 3.8) is 0 Å². The van der Waals surface area contributed by atoms with Gasteiger partial charge in [-0.2, -0.15) is 13.2 Å². The number of benzene rings is 1. The molecule has 2 rings (SSSR count). The Balaban J connectivity index is 0.00000364. The van der Waals surface area contributed by atoms with Gasteiger partial charge in [0.25, 0.3) is 5.91 Å². The molecule has 0 atom stereocenters. The first-order valence-electron chi connectivity index (χ1n) is 7.16. The van der Waals surface area contributed by atoms with Crippen LogP contribution in [0.4, 0.5) is 23.8 Å². The minimum Gasteiger partial charge on any atom is -0.409 e. The molecule has 27 heavy (non-hydrogen) atoms. The van der Waals surface area contributed by atoms with Crippen LogP contribution < -0.4 is 15.4 Å². The van der Waals surface area contributed by atoms with Gasteiger partial charge in [0.1, 0.15) is 5.75 Å². The lowest BCUT2D eigenvalue weighted by atomic mass is 10.2. The predicted octanol–water partition coefficient (Wildman–Crippen LogP) is 4.15. The van der Waals surface area contributed by atoms with Gasteiger partial charge in [0.2, 0.25) is 0 Å². The Morgan fingerprint density at radius 3 is 2.48 bits per heavy atom. The number of halogens is 4. The predicted molar refractivity (Wildman–Crippen MR) is 92.9 cm³/mol. The van der Waals surface area contributed by atoms with Crippen molar-refractivity contribution in [1.29, 1.82) is 0 Å². The highest BCUT2D eigenvalue weighted by atomic mass is 35.5. The number of ether oxygens (including phenoxy) is 1. The lowest BCUT2D eigenvalue weighted by Crippen LogP contribution is -2.27. The summed E-state index contributed by atoms with van der Waals surface area (Å²) in [6.45, 7) is 2.00. The molecule has 1 heterocycles. The molecule has 11 heteroatoms. The van der Waals surface area contributed by atoms with E-state index in [1.165, 1.54) is 18.2 Å². The minimum atomic E-state index is -4.64. The minimum absolute atomic E-state index is 0. The van der Waals surface area contributed by atoms with E-state index in [0.717, 1.165) is 6.20 Å². The highest BCUT2D eigenvalue weighted by molar-refractivity contribution is 6.31. The third-order valence-corrected chi connectivity index (χ3v) is 3.13. The zero-order chi connectivity index (χ0) is 19.3. The maximum Gasteiger partial charge on any atom is 0.434 e. The van der Waals surface area contributed by atoms with E-state index in [-0.39, 0.29) is 29.6 Å². The van der Waals surface area contributed by atoms with Gasteiger partial charge in [0.15, 0.2) is 11.5 Å². The molecule has 0 radical (unpaired) electrons. The molecule has 2 aromatic rings. The average molecular weight is 405 g/mol. The van der Waals surface area contributed by atoms with Gasteiger partial charge >= 0.3 is 12.3 Å². The summed E-state index contributed by atoms with van der Waals surface area (Å²) >= 11 is 5.84. The highest BCUT2D eigenvalue weighted by Gasteiger charge is 2.32. The Bertz CT molecular complexity index is 814. The first-order chi connectivity index (χ1) is 12.2. The number of amides is 2. The van der Waals surface area contributed by atoms with Crippen molar-refractivity contribution in [2.75, 3.05) is 11.9 Å². The first kappa shape index (κ1) is 22.2. The Labute approximate surface area is 157 Å². The molecule has 146 valence electrons. The van der Waals surface area contributed by atoms with Gasteiger partial charge in [-0.05, 0) is 25.1 Å². The monoisotopic (exact) mass is 404 g/mol. The SMILES string of the molecule is C.CCNC(=O)Oc1ccc(Cl)cc1C(=O)Nc1cnc(C(F)(F)F)cn1. The summed E-state index contributed by atoms with van der Waals surface area (Å²) < 4.78 is 42.4. The van der Waals surface area contributed by atoms with Crippen LogP contribution in [0.25, 0.3) is 0 Å². The third-order valence-electron chi connectivity index (χ3n) is 2.89. The summed E-state index contributed by atoms with van der Waals surface area (Å²) in [5.74, 6) is -1.09. The molecule has 0 spiro atoms. The maximum absolute atomic E-state index is 12.5. The normalized spacial score (nSPS) is 10.6. The molecule has 0 unspecified atom stereocenters. The van der Waals surface area contributed by atoms with Gasteiger partial charge in [0, 0.05) is 11.6 Å². The van der Waals surface area contributed by atoms with E-state index in [2.05, 4.69) is 20.6 Å². The van der Waals surface area contributed by atoms with Crippen molar-refractivity contribution in [2.45, 2.75) is 20.5 Å². The van der Waals surface area contributed by atoms with E-state index in [1.54, 1.807) is 6.92 Å². The lowest BCUT2D eigenvalue weighted by molar-refractivity contribution is -0.141. The van der Waals surface area contributed by atoms with Crippen LogP contribution in [0, 0.1) is 0 Å². The van der Waals surface area contributed by atoms with Crippen molar-refractivity contribution in [2.24, 2.45) is 0 Å². The molecule has 0 saturated heterocycles. The fourth-order valence-electron chi connectivity index (χ4n) is 1.77. The van der Waals surface area contributed by atoms with E-state index in [9.17, 15) is 22.8 Å². The quantitative estimate of drug-likeness (QED) is 0.798. The number of nitrogens with zero attached hydrogens (tertiary/aromatic N) is 2. The molecule has 0 aliphatic heterocycles. The smallest absolute Gasteiger partial charge is 0.409 e. The Kier molecular flexibility index (Phi) is 7.53. The standard InChI is InChI=1S/C15H12ClF3N4O3.CH4/c1-2-20-14(25)26-10-4-3-8(16)5-9(10)13(24)23-12-7-21-11(6-22-12)15(17,18)19;/h3-7H,2H2,1H3,(H,20,25)(H,22,23,24);1H4. The average Bonchev–Trinajstić information content (AvgIpc) is 2.56. The highest BCUT2D eigenvalue weighted by Crippen LogP contribution is 2.27. The molecular weight excluding hydrogens is 389 g/mol. The molecule has 7 nitrogen and oxygen atoms in total. The van der Waals surface area contributed by atoms with Crippen LogP contribution >= 0.6 is 11.6 Å². The van der Waals surface area contributed by atoms with Crippen molar-refractivity contribution < 1.29 is 27.5 Å². The molecular formula is C16H16ClF3N4O3. The Morgan fingerprint density at radius 1 is 1.22 bits per heavy atom. The van der Waals surface area contributed by atoms with Gasteiger partial charge < -0.3 is 15.4 Å². The lowest BCUT2D eigenvalue weighted by Gasteiger charge is -2.11. The number of carbonyl (C=O) groups is 2. The van der Waals surface area contributed by atoms with Crippen LogP contribution in [-0.4, -0.2) is 28.5 Å². The summed E-state index contributed by atoms with van der Waals surface area (Å²) in [7, 11) is 0. The van der Waals surface area contributed by atoms with Crippen LogP contribution in [0.1, 0.15) is 30.4 Å². The second-order valence-corrected chi connectivity index (χ2v) is 5.24. The third kappa shape index (κ3) is 6.10. The number of hydrogen-bond donors (Lipinski definition) is 2. The summed E-state index contributed by atoms with van der Waals surface area (Å²) in [6, 6.07) is 3.96. The van der Waals surface area contributed by atoms with Gasteiger partial charge in [-0.15, -0.1) is 0 Å². The zero-order valence-electron chi connectivity index (χ0n) is 13.2. The summed E-state index contributed by atoms with van der Waals surface area (Å²) in [5, 5.41) is 4.84. The van der Waals surface area contributed by atoms with Gasteiger partial charge in [-0.3, -0.25) is 4.79 Å². The summed E-state index contributed by atoms with van der Waals surface area (Å²) in [4.78, 5) is 30.5. The van der Waals surface area contributed by atoms with E-state index in [0.29, 0.717) is 12.7 Å². The van der Waals surface area contributed by atoms with E-state index in [1.807, 2.05) is 0 Å². The van der Waals surface area contributed by atoms with Crippen molar-refractivity contribution in [3.8, 4) is 5.75 Å². The van der Waals surface area contributed by atoms with E-state index < -0.39 is 23.9 Å². The number of anilines is 1. The molecule has 0 aliphatic rings. The molecule has 1 aromatic heterocycles. The molecule has 0 aliphatic carbocycles. The largest absolute Gasteiger partial charge is 0.434 e. The van der Waals surface area contributed by atoms with Gasteiger partial charge in [0.05, 0.1) is 18.0 Å². The fourth-order valence-corrected chi connectivity index (χ4v) is 1.94. The van der Waals surface area contributed by atoms with E-state index in [4.69, 9.17) is 16.3 Å². The zero-order valence-corrected chi connectivity index (χ0v) is 14.0. The molecule has 0 bridgehead atoms. The summed E-state index contributed by atoms with van der Waals surface area (Å²) in [6.07, 6.45) is -4.18. The first-order valence-corrected chi connectivity index (χ1v) is 7.54. The van der Waals surface area contributed by atoms with Crippen LogP contribution in [0.5, 0.6) is 5.75 Å². The van der Waals surface area contributed by atoms with Gasteiger partial charge in [-0.25, -0.2) is 14.8 Å². The fraction of sp³-hybridized carbons (Fsp3) is 0.250. The topological polar surface area (TPSA) is 93.2 Å². The van der Waals surface area contributed by atoms with E-state index >= 15 is 0 Å². The number of nitrogens with one attached hydrogen (secondary N) is 2. The van der Waals surface area contributed by atoms with Gasteiger partial charge in [-0.1, -0.05) is 19.0 Å². The number of aromatic nitrogens is 2. The van der Waals surface area contributed by atoms with Crippen molar-refractivity contribution in [3.05, 3.63) is 46.9 Å². The second kappa shape index (κ2) is 9.17. The Hall–Kier alpha value is -2.88. The van der Waals surface area contributed by atoms with Crippen LogP contribution in [-0.2, 0) is 6.18 Å². The summed E-state index contributed by atoms with van der Waals surface area (Å²) in [5.41, 5.74) is -1.30. The number of carbonyl (C=O) groups excluding carboxylic acids is 2. The van der Waals surface area contributed by atoms with Crippen molar-refractivity contribution in [1.82, 2.24) is 15.3 Å². The molecule has 0 saturated carbocycles. The van der Waals surface area contributed by atoms with Crippen molar-refractivity contribution >= 4 is 29.4 Å². The second-order valence-electron chi connectivity index (χ2n) is 4.80. The number of rotatable bonds is 4. The molecule has 2 amide bonds. The van der Waals surface area contributed by atoms with Crippen LogP contribution in [0.3, 0.4) is 0 Å². The number of alkyl halides is 3. The Morgan fingerprint density at radius 2 is 1.93 bits per heavy atom. The van der Waals surface area contributed by atoms with Crippen LogP contribution in [0.2, 0.25) is 5.02 Å². The number of hydrogen-bond acceptors (Lipinski definition) is 5. The molecule has 1 aromatic carbocycles.